The van der Waals surface area contributed by atoms with Crippen molar-refractivity contribution in [2.45, 2.75) is 32.1 Å². The van der Waals surface area contributed by atoms with E-state index < -0.39 is 0 Å². The van der Waals surface area contributed by atoms with Crippen LogP contribution in [0.4, 0.5) is 0 Å². The van der Waals surface area contributed by atoms with E-state index in [0.717, 1.165) is 62.8 Å². The van der Waals surface area contributed by atoms with Gasteiger partial charge < -0.3 is 15.4 Å². The lowest BCUT2D eigenvalue weighted by Crippen LogP contribution is -2.47. The number of rotatable bonds is 5. The van der Waals surface area contributed by atoms with Gasteiger partial charge >= 0.3 is 0 Å². The lowest BCUT2D eigenvalue weighted by molar-refractivity contribution is -0.124. The van der Waals surface area contributed by atoms with Crippen LogP contribution in [0.3, 0.4) is 0 Å². The SMILES string of the molecule is COCC1(CNC(=O)C2C3C4CCC(C4)C23)CCNCC1.Cl. The number of carbonyl (C=O) groups is 1. The molecule has 3 aliphatic carbocycles. The third-order valence-electron chi connectivity index (χ3n) is 6.79. The molecule has 0 aromatic heterocycles. The highest BCUT2D eigenvalue weighted by atomic mass is 35.5. The van der Waals surface area contributed by atoms with Crippen LogP contribution in [0, 0.1) is 35.0 Å². The monoisotopic (exact) mass is 328 g/mol. The number of carbonyl (C=O) groups excluding carboxylic acids is 1. The van der Waals surface area contributed by atoms with Crippen LogP contribution >= 0.6 is 12.4 Å². The average Bonchev–Trinajstić information content (AvgIpc) is 2.94. The molecule has 22 heavy (non-hydrogen) atoms. The molecule has 4 atom stereocenters. The quantitative estimate of drug-likeness (QED) is 0.809. The molecule has 2 N–H and O–H groups in total. The Labute approximate surface area is 139 Å². The Kier molecular flexibility index (Phi) is 4.73. The van der Waals surface area contributed by atoms with Crippen LogP contribution in [-0.2, 0) is 9.53 Å². The first-order chi connectivity index (χ1) is 10.2. The Morgan fingerprint density at radius 3 is 2.45 bits per heavy atom. The molecule has 126 valence electrons. The highest BCUT2D eigenvalue weighted by Gasteiger charge is 2.67. The number of piperidine rings is 1. The molecule has 4 rings (SSSR count). The molecule has 0 aromatic rings. The van der Waals surface area contributed by atoms with E-state index in [0.29, 0.717) is 11.8 Å². The highest BCUT2D eigenvalue weighted by Crippen LogP contribution is 2.69. The number of methoxy groups -OCH3 is 1. The predicted molar refractivity (Wildman–Crippen MR) is 88.0 cm³/mol. The van der Waals surface area contributed by atoms with Crippen LogP contribution in [0.15, 0.2) is 0 Å². The number of hydrogen-bond acceptors (Lipinski definition) is 3. The molecular weight excluding hydrogens is 300 g/mol. The molecule has 1 heterocycles. The van der Waals surface area contributed by atoms with Crippen molar-refractivity contribution in [3.8, 4) is 0 Å². The van der Waals surface area contributed by atoms with Gasteiger partial charge in [0.15, 0.2) is 0 Å². The van der Waals surface area contributed by atoms with Crippen molar-refractivity contribution in [2.75, 3.05) is 33.4 Å². The van der Waals surface area contributed by atoms with Crippen LogP contribution < -0.4 is 10.6 Å². The molecule has 4 aliphatic rings. The Morgan fingerprint density at radius 2 is 1.86 bits per heavy atom. The van der Waals surface area contributed by atoms with E-state index in [2.05, 4.69) is 10.6 Å². The topological polar surface area (TPSA) is 50.4 Å². The molecular formula is C17H29ClN2O2. The van der Waals surface area contributed by atoms with Crippen LogP contribution in [0.1, 0.15) is 32.1 Å². The first-order valence-electron chi connectivity index (χ1n) is 8.71. The maximum Gasteiger partial charge on any atom is 0.223 e. The Hall–Kier alpha value is -0.320. The largest absolute Gasteiger partial charge is 0.384 e. The molecule has 4 nitrogen and oxygen atoms in total. The van der Waals surface area contributed by atoms with Gasteiger partial charge in [-0.3, -0.25) is 4.79 Å². The Balaban J connectivity index is 0.00000144. The zero-order valence-electron chi connectivity index (χ0n) is 13.5. The third-order valence-corrected chi connectivity index (χ3v) is 6.79. The molecule has 4 fully saturated rings. The second kappa shape index (κ2) is 6.29. The fraction of sp³-hybridized carbons (Fsp3) is 0.941. The molecule has 1 aliphatic heterocycles. The van der Waals surface area contributed by atoms with Gasteiger partial charge in [0.1, 0.15) is 0 Å². The number of halogens is 1. The summed E-state index contributed by atoms with van der Waals surface area (Å²) in [6.07, 6.45) is 6.38. The van der Waals surface area contributed by atoms with Crippen LogP contribution in [0.2, 0.25) is 0 Å². The number of amides is 1. The van der Waals surface area contributed by atoms with E-state index in [4.69, 9.17) is 4.74 Å². The summed E-state index contributed by atoms with van der Waals surface area (Å²) in [6.45, 7) is 3.64. The summed E-state index contributed by atoms with van der Waals surface area (Å²) in [5, 5.41) is 6.70. The van der Waals surface area contributed by atoms with Crippen molar-refractivity contribution >= 4 is 18.3 Å². The van der Waals surface area contributed by atoms with E-state index in [1.165, 1.54) is 19.3 Å². The standard InChI is InChI=1S/C17H28N2O2.ClH/c1-21-10-17(4-6-18-7-5-17)9-19-16(20)15-13-11-2-3-12(8-11)14(13)15;/h11-15,18H,2-10H2,1H3,(H,19,20);1H. The lowest BCUT2D eigenvalue weighted by atomic mass is 9.79. The molecule has 3 saturated carbocycles. The molecule has 0 radical (unpaired) electrons. The number of ether oxygens (including phenoxy) is 1. The third kappa shape index (κ3) is 2.67. The number of fused-ring (bicyclic) bond motifs is 5. The number of hydrogen-bond donors (Lipinski definition) is 2. The maximum absolute atomic E-state index is 12.6. The van der Waals surface area contributed by atoms with Crippen LogP contribution in [0.5, 0.6) is 0 Å². The molecule has 1 saturated heterocycles. The van der Waals surface area contributed by atoms with Gasteiger partial charge in [-0.1, -0.05) is 0 Å². The molecule has 0 spiro atoms. The van der Waals surface area contributed by atoms with Gasteiger partial charge in [-0.05, 0) is 68.9 Å². The van der Waals surface area contributed by atoms with Crippen molar-refractivity contribution in [1.82, 2.24) is 10.6 Å². The van der Waals surface area contributed by atoms with Crippen molar-refractivity contribution in [2.24, 2.45) is 35.0 Å². The smallest absolute Gasteiger partial charge is 0.223 e. The van der Waals surface area contributed by atoms with E-state index in [-0.39, 0.29) is 17.8 Å². The van der Waals surface area contributed by atoms with Crippen molar-refractivity contribution in [3.05, 3.63) is 0 Å². The Bertz CT molecular complexity index is 403. The minimum absolute atomic E-state index is 0. The second-order valence-corrected chi connectivity index (χ2v) is 7.91. The summed E-state index contributed by atoms with van der Waals surface area (Å²) in [7, 11) is 1.77. The molecule has 4 unspecified atom stereocenters. The van der Waals surface area contributed by atoms with Gasteiger partial charge in [0.05, 0.1) is 6.61 Å². The van der Waals surface area contributed by atoms with Gasteiger partial charge in [0, 0.05) is 25.0 Å². The van der Waals surface area contributed by atoms with Crippen molar-refractivity contribution in [3.63, 3.8) is 0 Å². The zero-order valence-corrected chi connectivity index (χ0v) is 14.3. The molecule has 1 amide bonds. The van der Waals surface area contributed by atoms with E-state index >= 15 is 0 Å². The Morgan fingerprint density at radius 1 is 1.23 bits per heavy atom. The van der Waals surface area contributed by atoms with Crippen molar-refractivity contribution < 1.29 is 9.53 Å². The summed E-state index contributed by atoms with van der Waals surface area (Å²) in [5.74, 6) is 3.95. The molecule has 0 aromatic carbocycles. The second-order valence-electron chi connectivity index (χ2n) is 7.91. The van der Waals surface area contributed by atoms with Gasteiger partial charge in [0.25, 0.3) is 0 Å². The average molecular weight is 329 g/mol. The minimum atomic E-state index is 0. The number of nitrogens with one attached hydrogen (secondary N) is 2. The predicted octanol–water partition coefficient (Wildman–Crippen LogP) is 1.83. The van der Waals surface area contributed by atoms with Gasteiger partial charge in [-0.15, -0.1) is 12.4 Å². The highest BCUT2D eigenvalue weighted by molar-refractivity contribution is 5.85. The minimum Gasteiger partial charge on any atom is -0.384 e. The lowest BCUT2D eigenvalue weighted by Gasteiger charge is -2.37. The zero-order chi connectivity index (χ0) is 14.4. The first-order valence-corrected chi connectivity index (χ1v) is 8.71. The van der Waals surface area contributed by atoms with Gasteiger partial charge in [-0.25, -0.2) is 0 Å². The van der Waals surface area contributed by atoms with Crippen LogP contribution in [-0.4, -0.2) is 39.3 Å². The molecule has 2 bridgehead atoms. The fourth-order valence-electron chi connectivity index (χ4n) is 5.70. The molecule has 5 heteroatoms. The normalized spacial score (nSPS) is 40.7. The first kappa shape index (κ1) is 16.5. The fourth-order valence-corrected chi connectivity index (χ4v) is 5.70. The summed E-state index contributed by atoms with van der Waals surface area (Å²) >= 11 is 0. The maximum atomic E-state index is 12.6. The van der Waals surface area contributed by atoms with E-state index in [1.54, 1.807) is 7.11 Å². The van der Waals surface area contributed by atoms with Crippen molar-refractivity contribution in [1.29, 1.82) is 0 Å². The van der Waals surface area contributed by atoms with Crippen LogP contribution in [0.25, 0.3) is 0 Å². The summed E-state index contributed by atoms with van der Waals surface area (Å²) in [5.41, 5.74) is 0.151. The summed E-state index contributed by atoms with van der Waals surface area (Å²) in [4.78, 5) is 12.6. The van der Waals surface area contributed by atoms with E-state index in [1.807, 2.05) is 0 Å². The van der Waals surface area contributed by atoms with Gasteiger partial charge in [0.2, 0.25) is 5.91 Å². The van der Waals surface area contributed by atoms with E-state index in [9.17, 15) is 4.79 Å². The summed E-state index contributed by atoms with van der Waals surface area (Å²) < 4.78 is 5.43. The van der Waals surface area contributed by atoms with Gasteiger partial charge in [-0.2, -0.15) is 0 Å². The summed E-state index contributed by atoms with van der Waals surface area (Å²) in [6, 6.07) is 0.